The fraction of sp³-hybridized carbons (Fsp3) is 0.241. The number of rotatable bonds is 6. The normalized spacial score (nSPS) is 15.5. The first-order valence-electron chi connectivity index (χ1n) is 11.5. The van der Waals surface area contributed by atoms with Gasteiger partial charge in [-0.1, -0.05) is 90.1 Å². The Morgan fingerprint density at radius 2 is 1.59 bits per heavy atom. The van der Waals surface area contributed by atoms with Gasteiger partial charge in [-0.25, -0.2) is 9.79 Å². The highest BCUT2D eigenvalue weighted by molar-refractivity contribution is 8.13. The Bertz CT molecular complexity index is 1210. The second kappa shape index (κ2) is 10.7. The maximum atomic E-state index is 13.2. The van der Waals surface area contributed by atoms with Gasteiger partial charge in [-0.05, 0) is 55.5 Å². The summed E-state index contributed by atoms with van der Waals surface area (Å²) in [6, 6.07) is 23.9. The molecule has 0 amide bonds. The number of aryl methyl sites for hydroxylation is 3. The van der Waals surface area contributed by atoms with Crippen LogP contribution in [0.5, 0.6) is 0 Å². The van der Waals surface area contributed by atoms with Gasteiger partial charge in [-0.3, -0.25) is 0 Å². The Labute approximate surface area is 206 Å². The molecule has 0 aromatic heterocycles. The summed E-state index contributed by atoms with van der Waals surface area (Å²) < 4.78 is 5.48. The van der Waals surface area contributed by atoms with Gasteiger partial charge in [0.25, 0.3) is 0 Å². The van der Waals surface area contributed by atoms with Gasteiger partial charge in [0.05, 0.1) is 17.9 Å². The Hall–Kier alpha value is -3.31. The molecule has 0 saturated carbocycles. The van der Waals surface area contributed by atoms with Crippen molar-refractivity contribution in [3.63, 3.8) is 0 Å². The smallest absolute Gasteiger partial charge is 0.338 e. The SMILES string of the molecule is CCOC(=O)C1=C(c2ccccc2)NC(SCc2c(C)cc(C)cc2C)=N[C@H]1c1ccccc1. The fourth-order valence-corrected chi connectivity index (χ4v) is 5.40. The lowest BCUT2D eigenvalue weighted by molar-refractivity contribution is -0.138. The van der Waals surface area contributed by atoms with Crippen LogP contribution in [0.15, 0.2) is 83.4 Å². The van der Waals surface area contributed by atoms with Gasteiger partial charge in [0.1, 0.15) is 6.04 Å². The molecule has 0 aliphatic carbocycles. The number of carbonyl (C=O) groups is 1. The maximum absolute atomic E-state index is 13.2. The lowest BCUT2D eigenvalue weighted by Gasteiger charge is -2.27. The first-order chi connectivity index (χ1) is 16.5. The van der Waals surface area contributed by atoms with E-state index in [0.29, 0.717) is 12.2 Å². The van der Waals surface area contributed by atoms with Crippen LogP contribution in [0, 0.1) is 20.8 Å². The Morgan fingerprint density at radius 3 is 2.21 bits per heavy atom. The van der Waals surface area contributed by atoms with E-state index in [1.165, 1.54) is 22.3 Å². The van der Waals surface area contributed by atoms with E-state index in [1.54, 1.807) is 11.8 Å². The molecular weight excluding hydrogens is 440 g/mol. The largest absolute Gasteiger partial charge is 0.463 e. The van der Waals surface area contributed by atoms with Crippen LogP contribution in [-0.4, -0.2) is 17.7 Å². The molecule has 5 heteroatoms. The lowest BCUT2D eigenvalue weighted by Crippen LogP contribution is -2.31. The van der Waals surface area contributed by atoms with E-state index in [2.05, 4.69) is 38.2 Å². The van der Waals surface area contributed by atoms with Crippen LogP contribution >= 0.6 is 11.8 Å². The van der Waals surface area contributed by atoms with E-state index in [0.717, 1.165) is 27.7 Å². The number of ether oxygens (including phenoxy) is 1. The Kier molecular flexibility index (Phi) is 7.53. The van der Waals surface area contributed by atoms with E-state index in [9.17, 15) is 4.79 Å². The van der Waals surface area contributed by atoms with Crippen molar-refractivity contribution in [1.29, 1.82) is 0 Å². The molecule has 0 bridgehead atoms. The molecule has 174 valence electrons. The summed E-state index contributed by atoms with van der Waals surface area (Å²) >= 11 is 1.66. The molecule has 0 saturated heterocycles. The topological polar surface area (TPSA) is 50.7 Å². The molecule has 4 rings (SSSR count). The molecule has 0 unspecified atom stereocenters. The zero-order valence-corrected chi connectivity index (χ0v) is 20.9. The molecule has 1 aliphatic rings. The lowest BCUT2D eigenvalue weighted by atomic mass is 9.94. The quantitative estimate of drug-likeness (QED) is 0.417. The highest BCUT2D eigenvalue weighted by atomic mass is 32.2. The molecule has 0 fully saturated rings. The van der Waals surface area contributed by atoms with Crippen LogP contribution < -0.4 is 5.32 Å². The van der Waals surface area contributed by atoms with Crippen molar-refractivity contribution in [3.8, 4) is 0 Å². The van der Waals surface area contributed by atoms with Crippen LogP contribution in [0.3, 0.4) is 0 Å². The molecule has 3 aromatic rings. The van der Waals surface area contributed by atoms with E-state index in [1.807, 2.05) is 67.6 Å². The first kappa shape index (κ1) is 23.8. The predicted octanol–water partition coefficient (Wildman–Crippen LogP) is 6.52. The molecule has 1 aliphatic heterocycles. The summed E-state index contributed by atoms with van der Waals surface area (Å²) in [5.41, 5.74) is 8.34. The molecule has 4 nitrogen and oxygen atoms in total. The average molecular weight is 471 g/mol. The van der Waals surface area contributed by atoms with Gasteiger partial charge in [0, 0.05) is 5.75 Å². The number of amidine groups is 1. The predicted molar refractivity (Wildman–Crippen MR) is 142 cm³/mol. The standard InChI is InChI=1S/C29H30N2O2S/c1-5-33-28(32)25-26(22-12-8-6-9-13-22)30-29(31-27(25)23-14-10-7-11-15-23)34-18-24-20(3)16-19(2)17-21(24)4/h6-17,26H,5,18H2,1-4H3,(H,30,31)/t26-/m0/s1. The van der Waals surface area contributed by atoms with Crippen molar-refractivity contribution < 1.29 is 9.53 Å². The minimum atomic E-state index is -0.445. The summed E-state index contributed by atoms with van der Waals surface area (Å²) in [6.45, 7) is 8.58. The van der Waals surface area contributed by atoms with Crippen molar-refractivity contribution in [2.75, 3.05) is 6.61 Å². The summed E-state index contributed by atoms with van der Waals surface area (Å²) in [7, 11) is 0. The summed E-state index contributed by atoms with van der Waals surface area (Å²) in [5.74, 6) is 0.447. The third-order valence-corrected chi connectivity index (χ3v) is 6.80. The highest BCUT2D eigenvalue weighted by Crippen LogP contribution is 2.37. The highest BCUT2D eigenvalue weighted by Gasteiger charge is 2.32. The van der Waals surface area contributed by atoms with Crippen molar-refractivity contribution in [3.05, 3.63) is 112 Å². The van der Waals surface area contributed by atoms with Crippen LogP contribution in [0.1, 0.15) is 46.3 Å². The van der Waals surface area contributed by atoms with Crippen LogP contribution in [-0.2, 0) is 15.3 Å². The van der Waals surface area contributed by atoms with Crippen LogP contribution in [0.25, 0.3) is 5.70 Å². The molecule has 3 aromatic carbocycles. The van der Waals surface area contributed by atoms with E-state index < -0.39 is 6.04 Å². The maximum Gasteiger partial charge on any atom is 0.338 e. The van der Waals surface area contributed by atoms with Gasteiger partial charge < -0.3 is 10.1 Å². The first-order valence-corrected chi connectivity index (χ1v) is 12.5. The number of nitrogens with one attached hydrogen (secondary N) is 1. The minimum Gasteiger partial charge on any atom is -0.463 e. The number of esters is 1. The van der Waals surface area contributed by atoms with E-state index >= 15 is 0 Å². The number of thioether (sulfide) groups is 1. The van der Waals surface area contributed by atoms with Gasteiger partial charge in [-0.15, -0.1) is 0 Å². The Balaban J connectivity index is 1.76. The number of hydrogen-bond donors (Lipinski definition) is 1. The molecule has 0 radical (unpaired) electrons. The number of aliphatic imine (C=N–C) groups is 1. The average Bonchev–Trinajstić information content (AvgIpc) is 2.84. The van der Waals surface area contributed by atoms with Gasteiger partial charge in [0.2, 0.25) is 0 Å². The third kappa shape index (κ3) is 5.26. The molecule has 1 N–H and O–H groups in total. The molecule has 1 heterocycles. The zero-order chi connectivity index (χ0) is 24.1. The summed E-state index contributed by atoms with van der Waals surface area (Å²) in [4.78, 5) is 18.2. The van der Waals surface area contributed by atoms with Crippen molar-refractivity contribution in [2.45, 2.75) is 39.5 Å². The second-order valence-electron chi connectivity index (χ2n) is 8.41. The summed E-state index contributed by atoms with van der Waals surface area (Å²) in [6.07, 6.45) is 0. The van der Waals surface area contributed by atoms with E-state index in [-0.39, 0.29) is 5.97 Å². The zero-order valence-electron chi connectivity index (χ0n) is 20.1. The van der Waals surface area contributed by atoms with Crippen molar-refractivity contribution in [2.24, 2.45) is 4.99 Å². The number of benzene rings is 3. The van der Waals surface area contributed by atoms with Crippen LogP contribution in [0.2, 0.25) is 0 Å². The fourth-order valence-electron chi connectivity index (χ4n) is 4.31. The second-order valence-corrected chi connectivity index (χ2v) is 9.38. The number of nitrogens with zero attached hydrogens (tertiary/aromatic N) is 1. The molecular formula is C29H30N2O2S. The van der Waals surface area contributed by atoms with Gasteiger partial charge >= 0.3 is 5.97 Å². The van der Waals surface area contributed by atoms with Gasteiger partial charge in [-0.2, -0.15) is 0 Å². The number of hydrogen-bond acceptors (Lipinski definition) is 5. The van der Waals surface area contributed by atoms with E-state index in [4.69, 9.17) is 9.73 Å². The number of carbonyl (C=O) groups excluding carboxylic acids is 1. The third-order valence-electron chi connectivity index (χ3n) is 5.89. The monoisotopic (exact) mass is 470 g/mol. The van der Waals surface area contributed by atoms with Crippen LogP contribution in [0.4, 0.5) is 0 Å². The molecule has 34 heavy (non-hydrogen) atoms. The van der Waals surface area contributed by atoms with Crippen molar-refractivity contribution >= 4 is 28.6 Å². The minimum absolute atomic E-state index is 0.309. The molecule has 0 spiro atoms. The molecule has 1 atom stereocenters. The van der Waals surface area contributed by atoms with Gasteiger partial charge in [0.15, 0.2) is 5.17 Å². The Morgan fingerprint density at radius 1 is 0.971 bits per heavy atom. The van der Waals surface area contributed by atoms with Crippen molar-refractivity contribution in [1.82, 2.24) is 5.32 Å². The summed E-state index contributed by atoms with van der Waals surface area (Å²) in [5, 5.41) is 4.26.